The maximum Gasteiger partial charge on any atom is 0.225 e. The molecule has 0 bridgehead atoms. The Morgan fingerprint density at radius 1 is 1.28 bits per heavy atom. The number of ether oxygens (including phenoxy) is 1. The number of nitrogens with two attached hydrogens (primary N) is 1. The molecule has 7 nitrogen and oxygen atoms in total. The Balaban J connectivity index is 1.50. The number of hydrogen-bond acceptors (Lipinski definition) is 6. The quantitative estimate of drug-likeness (QED) is 0.759. The number of fused-ring (bicyclic) bond motifs is 1. The molecule has 130 valence electrons. The smallest absolute Gasteiger partial charge is 0.225 e. The number of H-pyrrole nitrogens is 1. The third-order valence-corrected chi connectivity index (χ3v) is 4.68. The molecular formula is C18H22N6O. The van der Waals surface area contributed by atoms with Gasteiger partial charge in [-0.25, -0.2) is 4.98 Å². The summed E-state index contributed by atoms with van der Waals surface area (Å²) in [5.41, 5.74) is 7.92. The van der Waals surface area contributed by atoms with Gasteiger partial charge in [-0.05, 0) is 30.9 Å². The summed E-state index contributed by atoms with van der Waals surface area (Å²) in [6.07, 6.45) is 3.24. The van der Waals surface area contributed by atoms with E-state index in [1.54, 1.807) is 7.11 Å². The number of aromatic nitrogens is 4. The van der Waals surface area contributed by atoms with Gasteiger partial charge in [-0.3, -0.25) is 0 Å². The van der Waals surface area contributed by atoms with Crippen LogP contribution in [0.4, 0.5) is 11.8 Å². The van der Waals surface area contributed by atoms with Crippen LogP contribution in [0.2, 0.25) is 0 Å². The number of benzene rings is 1. The predicted octanol–water partition coefficient (Wildman–Crippen LogP) is 2.40. The minimum Gasteiger partial charge on any atom is -0.481 e. The van der Waals surface area contributed by atoms with Gasteiger partial charge in [0.1, 0.15) is 11.6 Å². The van der Waals surface area contributed by atoms with Crippen molar-refractivity contribution in [3.05, 3.63) is 36.2 Å². The van der Waals surface area contributed by atoms with E-state index in [1.807, 2.05) is 24.3 Å². The zero-order chi connectivity index (χ0) is 17.2. The Bertz CT molecular complexity index is 844. The Morgan fingerprint density at radius 3 is 3.00 bits per heavy atom. The molecule has 0 amide bonds. The van der Waals surface area contributed by atoms with Crippen molar-refractivity contribution < 1.29 is 4.74 Å². The van der Waals surface area contributed by atoms with Crippen molar-refractivity contribution in [3.8, 4) is 5.88 Å². The first-order valence-electron chi connectivity index (χ1n) is 8.58. The van der Waals surface area contributed by atoms with Gasteiger partial charge in [0.15, 0.2) is 0 Å². The number of imidazole rings is 1. The average molecular weight is 338 g/mol. The fraction of sp³-hybridized carbons (Fsp3) is 0.389. The van der Waals surface area contributed by atoms with Crippen LogP contribution in [0.15, 0.2) is 30.3 Å². The SMILES string of the molecule is COc1cc(N2CCC[C@H](Cc3nc4ccccc4[nH]3)C2)nc(N)n1. The van der Waals surface area contributed by atoms with Crippen LogP contribution in [0.5, 0.6) is 5.88 Å². The highest BCUT2D eigenvalue weighted by atomic mass is 16.5. The fourth-order valence-electron chi connectivity index (χ4n) is 3.51. The zero-order valence-corrected chi connectivity index (χ0v) is 14.3. The lowest BCUT2D eigenvalue weighted by atomic mass is 9.94. The molecule has 3 N–H and O–H groups in total. The summed E-state index contributed by atoms with van der Waals surface area (Å²) in [6, 6.07) is 10.00. The largest absolute Gasteiger partial charge is 0.481 e. The Hall–Kier alpha value is -2.83. The monoisotopic (exact) mass is 338 g/mol. The number of nitrogen functional groups attached to an aromatic ring is 1. The molecule has 0 spiro atoms. The fourth-order valence-corrected chi connectivity index (χ4v) is 3.51. The van der Waals surface area contributed by atoms with Crippen LogP contribution in [-0.4, -0.2) is 40.1 Å². The van der Waals surface area contributed by atoms with E-state index >= 15 is 0 Å². The van der Waals surface area contributed by atoms with Crippen molar-refractivity contribution in [2.45, 2.75) is 19.3 Å². The summed E-state index contributed by atoms with van der Waals surface area (Å²) in [7, 11) is 1.59. The van der Waals surface area contributed by atoms with Crippen LogP contribution in [0.1, 0.15) is 18.7 Å². The topological polar surface area (TPSA) is 93.0 Å². The van der Waals surface area contributed by atoms with E-state index in [0.717, 1.165) is 48.6 Å². The third kappa shape index (κ3) is 3.35. The van der Waals surface area contributed by atoms with Crippen molar-refractivity contribution in [1.82, 2.24) is 19.9 Å². The first-order valence-corrected chi connectivity index (χ1v) is 8.58. The number of nitrogens with zero attached hydrogens (tertiary/aromatic N) is 4. The second-order valence-corrected chi connectivity index (χ2v) is 6.49. The van der Waals surface area contributed by atoms with Gasteiger partial charge in [-0.2, -0.15) is 9.97 Å². The number of anilines is 2. The number of para-hydroxylation sites is 2. The first kappa shape index (κ1) is 15.7. The van der Waals surface area contributed by atoms with Crippen molar-refractivity contribution in [2.75, 3.05) is 30.8 Å². The molecule has 0 unspecified atom stereocenters. The van der Waals surface area contributed by atoms with Crippen LogP contribution in [0.25, 0.3) is 11.0 Å². The van der Waals surface area contributed by atoms with Crippen LogP contribution >= 0.6 is 0 Å². The second-order valence-electron chi connectivity index (χ2n) is 6.49. The number of methoxy groups -OCH3 is 1. The predicted molar refractivity (Wildman–Crippen MR) is 97.7 cm³/mol. The molecule has 1 fully saturated rings. The summed E-state index contributed by atoms with van der Waals surface area (Å²) >= 11 is 0. The van der Waals surface area contributed by atoms with Gasteiger partial charge < -0.3 is 20.4 Å². The Labute approximate surface area is 146 Å². The molecule has 0 saturated carbocycles. The van der Waals surface area contributed by atoms with E-state index in [9.17, 15) is 0 Å². The Morgan fingerprint density at radius 2 is 2.16 bits per heavy atom. The number of aromatic amines is 1. The van der Waals surface area contributed by atoms with Gasteiger partial charge in [-0.1, -0.05) is 12.1 Å². The molecule has 3 heterocycles. The van der Waals surface area contributed by atoms with Crippen LogP contribution in [-0.2, 0) is 6.42 Å². The maximum atomic E-state index is 5.80. The van der Waals surface area contributed by atoms with Crippen molar-refractivity contribution in [3.63, 3.8) is 0 Å². The van der Waals surface area contributed by atoms with Gasteiger partial charge in [0.25, 0.3) is 0 Å². The first-order chi connectivity index (χ1) is 12.2. The molecule has 3 aromatic rings. The minimum atomic E-state index is 0.244. The lowest BCUT2D eigenvalue weighted by molar-refractivity contribution is 0.392. The van der Waals surface area contributed by atoms with E-state index in [1.165, 1.54) is 6.42 Å². The molecule has 0 aliphatic carbocycles. The molecule has 2 aromatic heterocycles. The molecule has 1 aliphatic heterocycles. The number of nitrogens with one attached hydrogen (secondary N) is 1. The lowest BCUT2D eigenvalue weighted by Gasteiger charge is -2.33. The van der Waals surface area contributed by atoms with Crippen LogP contribution < -0.4 is 15.4 Å². The maximum absolute atomic E-state index is 5.80. The van der Waals surface area contributed by atoms with Crippen LogP contribution in [0, 0.1) is 5.92 Å². The summed E-state index contributed by atoms with van der Waals surface area (Å²) in [5, 5.41) is 0. The average Bonchev–Trinajstić information content (AvgIpc) is 3.03. The highest BCUT2D eigenvalue weighted by Crippen LogP contribution is 2.26. The summed E-state index contributed by atoms with van der Waals surface area (Å²) in [6.45, 7) is 1.90. The van der Waals surface area contributed by atoms with Gasteiger partial charge in [0.2, 0.25) is 11.8 Å². The third-order valence-electron chi connectivity index (χ3n) is 4.68. The molecule has 1 aromatic carbocycles. The molecule has 0 radical (unpaired) electrons. The van der Waals surface area contributed by atoms with Crippen molar-refractivity contribution in [2.24, 2.45) is 5.92 Å². The molecule has 1 atom stereocenters. The standard InChI is InChI=1S/C18H22N6O/c1-25-17-10-16(22-18(19)23-17)24-8-4-5-12(11-24)9-15-20-13-6-2-3-7-14(13)21-15/h2-3,6-7,10,12H,4-5,8-9,11H2,1H3,(H,20,21)(H2,19,22,23)/t12-/m1/s1. The highest BCUT2D eigenvalue weighted by molar-refractivity contribution is 5.74. The van der Waals surface area contributed by atoms with Crippen molar-refractivity contribution >= 4 is 22.8 Å². The van der Waals surface area contributed by atoms with E-state index in [-0.39, 0.29) is 5.95 Å². The zero-order valence-electron chi connectivity index (χ0n) is 14.3. The number of piperidine rings is 1. The van der Waals surface area contributed by atoms with Gasteiger partial charge in [-0.15, -0.1) is 0 Å². The van der Waals surface area contributed by atoms with E-state index in [4.69, 9.17) is 15.5 Å². The summed E-state index contributed by atoms with van der Waals surface area (Å²) in [5.74, 6) is 3.15. The van der Waals surface area contributed by atoms with Gasteiger partial charge in [0.05, 0.1) is 18.1 Å². The lowest BCUT2D eigenvalue weighted by Crippen LogP contribution is -2.37. The number of rotatable bonds is 4. The Kier molecular flexibility index (Phi) is 4.13. The van der Waals surface area contributed by atoms with E-state index < -0.39 is 0 Å². The molecule has 7 heteroatoms. The van der Waals surface area contributed by atoms with Crippen molar-refractivity contribution in [1.29, 1.82) is 0 Å². The van der Waals surface area contributed by atoms with Crippen LogP contribution in [0.3, 0.4) is 0 Å². The number of hydrogen-bond donors (Lipinski definition) is 2. The minimum absolute atomic E-state index is 0.244. The molecule has 25 heavy (non-hydrogen) atoms. The highest BCUT2D eigenvalue weighted by Gasteiger charge is 2.23. The molecule has 1 saturated heterocycles. The van der Waals surface area contributed by atoms with E-state index in [2.05, 4.69) is 25.9 Å². The van der Waals surface area contributed by atoms with Gasteiger partial charge >= 0.3 is 0 Å². The molecule has 4 rings (SSSR count). The van der Waals surface area contributed by atoms with Gasteiger partial charge in [0, 0.05) is 25.6 Å². The second kappa shape index (κ2) is 6.58. The van der Waals surface area contributed by atoms with E-state index in [0.29, 0.717) is 11.8 Å². The normalized spacial score (nSPS) is 17.8. The summed E-state index contributed by atoms with van der Waals surface area (Å²) < 4.78 is 5.21. The molecular weight excluding hydrogens is 316 g/mol. The summed E-state index contributed by atoms with van der Waals surface area (Å²) in [4.78, 5) is 18.8. The molecule has 1 aliphatic rings.